The number of hydrogen-bond acceptors (Lipinski definition) is 4. The van der Waals surface area contributed by atoms with Crippen LogP contribution in [0.1, 0.15) is 29.7 Å². The van der Waals surface area contributed by atoms with Crippen LogP contribution in [0.15, 0.2) is 64.2 Å². The average Bonchev–Trinajstić information content (AvgIpc) is 2.66. The van der Waals surface area contributed by atoms with Gasteiger partial charge in [-0.2, -0.15) is 5.26 Å². The largest absolute Gasteiger partial charge is 0.365 e. The van der Waals surface area contributed by atoms with E-state index in [1.807, 2.05) is 19.1 Å². The van der Waals surface area contributed by atoms with Crippen LogP contribution in [-0.2, 0) is 6.54 Å². The summed E-state index contributed by atoms with van der Waals surface area (Å²) in [5.74, 6) is -0.0754. The molecule has 2 aromatic carbocycles. The molecule has 1 atom stereocenters. The van der Waals surface area contributed by atoms with Crippen molar-refractivity contribution >= 4 is 5.82 Å². The molecule has 3 aromatic rings. The van der Waals surface area contributed by atoms with Gasteiger partial charge in [-0.25, -0.2) is 9.18 Å². The van der Waals surface area contributed by atoms with E-state index in [1.54, 1.807) is 12.1 Å². The maximum Gasteiger partial charge on any atom is 0.330 e. The van der Waals surface area contributed by atoms with E-state index < -0.39 is 11.2 Å². The summed E-state index contributed by atoms with van der Waals surface area (Å²) >= 11 is 0. The highest BCUT2D eigenvalue weighted by atomic mass is 19.1. The molecule has 1 heterocycles. The Morgan fingerprint density at radius 1 is 1.15 bits per heavy atom. The molecule has 27 heavy (non-hydrogen) atoms. The minimum atomic E-state index is -0.554. The number of aromatic nitrogens is 2. The van der Waals surface area contributed by atoms with Gasteiger partial charge in [0.2, 0.25) is 0 Å². The Kier molecular flexibility index (Phi) is 5.18. The van der Waals surface area contributed by atoms with Crippen molar-refractivity contribution in [2.45, 2.75) is 19.5 Å². The molecule has 0 aliphatic carbocycles. The van der Waals surface area contributed by atoms with Gasteiger partial charge in [0.1, 0.15) is 11.6 Å². The fourth-order valence-corrected chi connectivity index (χ4v) is 2.68. The van der Waals surface area contributed by atoms with Crippen LogP contribution < -0.4 is 16.6 Å². The Labute approximate surface area is 154 Å². The van der Waals surface area contributed by atoms with Crippen molar-refractivity contribution < 1.29 is 4.39 Å². The summed E-state index contributed by atoms with van der Waals surface area (Å²) in [5.41, 5.74) is 1.10. The van der Waals surface area contributed by atoms with Crippen LogP contribution in [0.4, 0.5) is 10.2 Å². The first kappa shape index (κ1) is 18.1. The molecule has 7 heteroatoms. The lowest BCUT2D eigenvalue weighted by molar-refractivity contribution is 0.625. The molecule has 0 fully saturated rings. The lowest BCUT2D eigenvalue weighted by Crippen LogP contribution is -2.35. The van der Waals surface area contributed by atoms with Crippen LogP contribution in [0, 0.1) is 17.1 Å². The zero-order chi connectivity index (χ0) is 19.4. The number of nitrogens with one attached hydrogen (secondary N) is 2. The lowest BCUT2D eigenvalue weighted by Gasteiger charge is -2.16. The third-order valence-corrected chi connectivity index (χ3v) is 4.19. The molecule has 3 rings (SSSR count). The Hall–Kier alpha value is -3.66. The lowest BCUT2D eigenvalue weighted by atomic mass is 10.1. The number of H-pyrrole nitrogens is 1. The van der Waals surface area contributed by atoms with E-state index in [4.69, 9.17) is 5.26 Å². The van der Waals surface area contributed by atoms with Crippen molar-refractivity contribution in [2.24, 2.45) is 0 Å². The molecule has 0 saturated heterocycles. The summed E-state index contributed by atoms with van der Waals surface area (Å²) in [5, 5.41) is 11.9. The number of rotatable bonds is 5. The van der Waals surface area contributed by atoms with E-state index in [0.29, 0.717) is 16.9 Å². The molecular formula is C20H17FN4O2. The molecular weight excluding hydrogens is 347 g/mol. The van der Waals surface area contributed by atoms with Gasteiger partial charge in [0.15, 0.2) is 0 Å². The van der Waals surface area contributed by atoms with E-state index in [9.17, 15) is 14.0 Å². The maximum absolute atomic E-state index is 13.0. The number of anilines is 1. The molecule has 0 aliphatic rings. The Bertz CT molecular complexity index is 1060. The zero-order valence-corrected chi connectivity index (χ0v) is 14.6. The van der Waals surface area contributed by atoms with Crippen LogP contribution >= 0.6 is 0 Å². The Morgan fingerprint density at radius 2 is 1.81 bits per heavy atom. The van der Waals surface area contributed by atoms with Gasteiger partial charge < -0.3 is 5.32 Å². The van der Waals surface area contributed by atoms with E-state index in [2.05, 4.69) is 16.4 Å². The predicted octanol–water partition coefficient (Wildman–Crippen LogP) is 2.77. The van der Waals surface area contributed by atoms with E-state index >= 15 is 0 Å². The standard InChI is InChI=1S/C20H17FN4O2/c1-13(16-6-2-14(11-22)3-7-16)23-18-10-19(26)25(20(27)24-18)12-15-4-8-17(21)9-5-15/h2-10,13,23H,12H2,1H3,(H,24,27)/t13-/m0/s1. The Balaban J connectivity index is 1.79. The molecule has 6 nitrogen and oxygen atoms in total. The van der Waals surface area contributed by atoms with Crippen LogP contribution in [0.2, 0.25) is 0 Å². The highest BCUT2D eigenvalue weighted by Crippen LogP contribution is 2.17. The number of halogens is 1. The monoisotopic (exact) mass is 364 g/mol. The summed E-state index contributed by atoms with van der Waals surface area (Å²) in [6.45, 7) is 1.93. The van der Waals surface area contributed by atoms with E-state index in [-0.39, 0.29) is 18.4 Å². The van der Waals surface area contributed by atoms with Crippen molar-refractivity contribution in [1.29, 1.82) is 5.26 Å². The third-order valence-electron chi connectivity index (χ3n) is 4.19. The van der Waals surface area contributed by atoms with Crippen molar-refractivity contribution in [2.75, 3.05) is 5.32 Å². The van der Waals surface area contributed by atoms with Crippen LogP contribution in [-0.4, -0.2) is 9.55 Å². The molecule has 0 unspecified atom stereocenters. The van der Waals surface area contributed by atoms with Gasteiger partial charge in [0, 0.05) is 12.1 Å². The molecule has 0 saturated carbocycles. The van der Waals surface area contributed by atoms with Crippen molar-refractivity contribution in [3.05, 3.63) is 97.9 Å². The van der Waals surface area contributed by atoms with Gasteiger partial charge >= 0.3 is 5.69 Å². The summed E-state index contributed by atoms with van der Waals surface area (Å²) in [6, 6.07) is 15.8. The fourth-order valence-electron chi connectivity index (χ4n) is 2.68. The minimum Gasteiger partial charge on any atom is -0.365 e. The second-order valence-corrected chi connectivity index (χ2v) is 6.14. The Morgan fingerprint density at radius 3 is 2.41 bits per heavy atom. The summed E-state index contributed by atoms with van der Waals surface area (Å²) in [7, 11) is 0. The predicted molar refractivity (Wildman–Crippen MR) is 100 cm³/mol. The van der Waals surface area contributed by atoms with E-state index in [0.717, 1.165) is 10.1 Å². The second kappa shape index (κ2) is 7.70. The second-order valence-electron chi connectivity index (χ2n) is 6.14. The van der Waals surface area contributed by atoms with Crippen molar-refractivity contribution in [3.8, 4) is 6.07 Å². The highest BCUT2D eigenvalue weighted by Gasteiger charge is 2.09. The average molecular weight is 364 g/mol. The van der Waals surface area contributed by atoms with Gasteiger partial charge in [-0.1, -0.05) is 24.3 Å². The van der Waals surface area contributed by atoms with Gasteiger partial charge in [-0.15, -0.1) is 0 Å². The third kappa shape index (κ3) is 4.30. The first-order valence-electron chi connectivity index (χ1n) is 8.31. The zero-order valence-electron chi connectivity index (χ0n) is 14.6. The molecule has 0 spiro atoms. The number of hydrogen-bond donors (Lipinski definition) is 2. The normalized spacial score (nSPS) is 11.6. The number of benzene rings is 2. The molecule has 0 radical (unpaired) electrons. The molecule has 0 aliphatic heterocycles. The maximum atomic E-state index is 13.0. The van der Waals surface area contributed by atoms with E-state index in [1.165, 1.54) is 30.3 Å². The summed E-state index contributed by atoms with van der Waals surface area (Å²) in [4.78, 5) is 27.3. The minimum absolute atomic E-state index is 0.0555. The smallest absolute Gasteiger partial charge is 0.330 e. The number of nitrogens with zero attached hydrogens (tertiary/aromatic N) is 2. The quantitative estimate of drug-likeness (QED) is 0.728. The topological polar surface area (TPSA) is 90.7 Å². The van der Waals surface area contributed by atoms with Gasteiger partial charge in [0.25, 0.3) is 5.56 Å². The molecule has 136 valence electrons. The highest BCUT2D eigenvalue weighted by molar-refractivity contribution is 5.39. The fraction of sp³-hybridized carbons (Fsp3) is 0.150. The van der Waals surface area contributed by atoms with Crippen molar-refractivity contribution in [3.63, 3.8) is 0 Å². The SMILES string of the molecule is C[C@H](Nc1cc(=O)n(Cc2ccc(F)cc2)c(=O)[nH]1)c1ccc(C#N)cc1. The number of aromatic amines is 1. The number of nitriles is 1. The van der Waals surface area contributed by atoms with Gasteiger partial charge in [-0.05, 0) is 42.3 Å². The summed E-state index contributed by atoms with van der Waals surface area (Å²) < 4.78 is 14.0. The van der Waals surface area contributed by atoms with Gasteiger partial charge in [-0.3, -0.25) is 14.3 Å². The van der Waals surface area contributed by atoms with Crippen LogP contribution in [0.3, 0.4) is 0 Å². The first-order valence-corrected chi connectivity index (χ1v) is 8.31. The molecule has 1 aromatic heterocycles. The van der Waals surface area contributed by atoms with Crippen LogP contribution in [0.5, 0.6) is 0 Å². The summed E-state index contributed by atoms with van der Waals surface area (Å²) in [6.07, 6.45) is 0. The van der Waals surface area contributed by atoms with Gasteiger partial charge in [0.05, 0.1) is 18.2 Å². The molecule has 2 N–H and O–H groups in total. The first-order chi connectivity index (χ1) is 13.0. The van der Waals surface area contributed by atoms with Crippen molar-refractivity contribution in [1.82, 2.24) is 9.55 Å². The molecule has 0 amide bonds. The molecule has 0 bridgehead atoms. The van der Waals surface area contributed by atoms with Crippen LogP contribution in [0.25, 0.3) is 0 Å².